The lowest BCUT2D eigenvalue weighted by Gasteiger charge is -2.19. The van der Waals surface area contributed by atoms with Gasteiger partial charge in [0.15, 0.2) is 5.82 Å². The van der Waals surface area contributed by atoms with Gasteiger partial charge in [0, 0.05) is 4.88 Å². The van der Waals surface area contributed by atoms with Gasteiger partial charge < -0.3 is 9.47 Å². The Morgan fingerprint density at radius 3 is 2.48 bits per heavy atom. The van der Waals surface area contributed by atoms with Gasteiger partial charge in [0.05, 0.1) is 18.8 Å². The molecule has 2 heterocycles. The van der Waals surface area contributed by atoms with Gasteiger partial charge in [-0.3, -0.25) is 5.10 Å². The minimum absolute atomic E-state index is 0.164. The van der Waals surface area contributed by atoms with E-state index in [-0.39, 0.29) is 13.2 Å². The first-order valence-corrected chi connectivity index (χ1v) is 9.12. The predicted octanol–water partition coefficient (Wildman–Crippen LogP) is 3.53. The topological polar surface area (TPSA) is 97.4 Å². The first kappa shape index (κ1) is 17.4. The third-order valence-electron chi connectivity index (χ3n) is 3.91. The average molecular weight is 364 g/mol. The summed E-state index contributed by atoms with van der Waals surface area (Å²) in [6.45, 7) is 3.71. The van der Waals surface area contributed by atoms with Crippen molar-refractivity contribution in [3.8, 4) is 11.4 Å². The maximum Gasteiger partial charge on any atom is 0.424 e. The molecule has 0 bridgehead atoms. The van der Waals surface area contributed by atoms with E-state index in [4.69, 9.17) is 9.47 Å². The first-order valence-electron chi connectivity index (χ1n) is 8.31. The monoisotopic (exact) mass is 364 g/mol. The number of imide groups is 1. The zero-order chi connectivity index (χ0) is 17.8. The highest BCUT2D eigenvalue weighted by molar-refractivity contribution is 7.17. The Bertz CT molecular complexity index is 739. The number of ether oxygens (including phenoxy) is 2. The van der Waals surface area contributed by atoms with Crippen LogP contribution in [0.15, 0.2) is 6.33 Å². The summed E-state index contributed by atoms with van der Waals surface area (Å²) >= 11 is 1.41. The number of carbonyl (C=O) groups excluding carboxylic acids is 2. The molecule has 1 aliphatic rings. The number of nitrogens with zero attached hydrogens (tertiary/aromatic N) is 3. The lowest BCUT2D eigenvalue weighted by Crippen LogP contribution is -2.37. The van der Waals surface area contributed by atoms with Crippen LogP contribution in [0.4, 0.5) is 14.6 Å². The van der Waals surface area contributed by atoms with Crippen molar-refractivity contribution < 1.29 is 19.1 Å². The molecule has 25 heavy (non-hydrogen) atoms. The lowest BCUT2D eigenvalue weighted by atomic mass is 9.95. The molecule has 0 aromatic carbocycles. The van der Waals surface area contributed by atoms with Crippen LogP contribution in [0.2, 0.25) is 0 Å². The van der Waals surface area contributed by atoms with Crippen LogP contribution >= 0.6 is 11.3 Å². The number of thiophene rings is 1. The molecular formula is C16H20N4O4S. The van der Waals surface area contributed by atoms with Crippen molar-refractivity contribution in [2.45, 2.75) is 39.5 Å². The lowest BCUT2D eigenvalue weighted by molar-refractivity contribution is 0.140. The van der Waals surface area contributed by atoms with E-state index in [0.717, 1.165) is 46.6 Å². The summed E-state index contributed by atoms with van der Waals surface area (Å²) in [6, 6.07) is 0. The van der Waals surface area contributed by atoms with Crippen LogP contribution in [0.25, 0.3) is 11.4 Å². The Morgan fingerprint density at radius 1 is 1.20 bits per heavy atom. The number of aryl methyl sites for hydroxylation is 1. The number of hydrogen-bond acceptors (Lipinski definition) is 7. The van der Waals surface area contributed by atoms with E-state index >= 15 is 0 Å². The molecule has 0 saturated carbocycles. The van der Waals surface area contributed by atoms with E-state index in [9.17, 15) is 9.59 Å². The summed E-state index contributed by atoms with van der Waals surface area (Å²) in [4.78, 5) is 31.3. The SMILES string of the molecule is CCOC(=O)N(C(=O)OCC)c1sc2c(c1-c1ncn[nH]1)CCCC2. The molecule has 134 valence electrons. The normalized spacial score (nSPS) is 13.2. The molecule has 8 nitrogen and oxygen atoms in total. The molecule has 0 unspecified atom stereocenters. The summed E-state index contributed by atoms with van der Waals surface area (Å²) < 4.78 is 10.2. The van der Waals surface area contributed by atoms with Crippen molar-refractivity contribution in [2.75, 3.05) is 18.1 Å². The summed E-state index contributed by atoms with van der Waals surface area (Å²) in [5.74, 6) is 0.535. The fourth-order valence-electron chi connectivity index (χ4n) is 2.90. The van der Waals surface area contributed by atoms with Gasteiger partial charge in [0.1, 0.15) is 11.3 Å². The molecule has 3 rings (SSSR count). The van der Waals surface area contributed by atoms with Crippen molar-refractivity contribution in [1.29, 1.82) is 0 Å². The molecular weight excluding hydrogens is 344 g/mol. The molecule has 0 saturated heterocycles. The van der Waals surface area contributed by atoms with Crippen LogP contribution in [0, 0.1) is 0 Å². The van der Waals surface area contributed by atoms with Crippen molar-refractivity contribution in [1.82, 2.24) is 15.2 Å². The molecule has 0 spiro atoms. The molecule has 2 amide bonds. The van der Waals surface area contributed by atoms with Gasteiger partial charge >= 0.3 is 12.2 Å². The zero-order valence-corrected chi connectivity index (χ0v) is 15.0. The Hall–Kier alpha value is -2.42. The average Bonchev–Trinajstić information content (AvgIpc) is 3.22. The number of aromatic nitrogens is 3. The molecule has 1 aliphatic carbocycles. The van der Waals surface area contributed by atoms with Gasteiger partial charge in [0.25, 0.3) is 0 Å². The van der Waals surface area contributed by atoms with Gasteiger partial charge in [-0.15, -0.1) is 11.3 Å². The van der Waals surface area contributed by atoms with Gasteiger partial charge in [-0.1, -0.05) is 0 Å². The smallest absolute Gasteiger partial charge is 0.424 e. The van der Waals surface area contributed by atoms with Gasteiger partial charge in [0.2, 0.25) is 0 Å². The molecule has 9 heteroatoms. The second-order valence-corrected chi connectivity index (χ2v) is 6.54. The fourth-order valence-corrected chi connectivity index (χ4v) is 4.26. The fraction of sp³-hybridized carbons (Fsp3) is 0.500. The van der Waals surface area contributed by atoms with Gasteiger partial charge in [-0.05, 0) is 45.1 Å². The van der Waals surface area contributed by atoms with E-state index in [1.165, 1.54) is 17.7 Å². The van der Waals surface area contributed by atoms with E-state index in [1.54, 1.807) is 13.8 Å². The largest absolute Gasteiger partial charge is 0.449 e. The predicted molar refractivity (Wildman–Crippen MR) is 92.9 cm³/mol. The van der Waals surface area contributed by atoms with Crippen LogP contribution in [-0.4, -0.2) is 40.6 Å². The minimum atomic E-state index is -0.750. The number of H-pyrrole nitrogens is 1. The standard InChI is InChI=1S/C16H20N4O4S/c1-3-23-15(21)20(16(22)24-4-2)14-12(13-17-9-18-19-13)10-7-5-6-8-11(10)25-14/h9H,3-8H2,1-2H3,(H,17,18,19). The minimum Gasteiger partial charge on any atom is -0.449 e. The third kappa shape index (κ3) is 3.37. The summed E-state index contributed by atoms with van der Waals surface area (Å²) in [5, 5.41) is 7.22. The first-order chi connectivity index (χ1) is 12.2. The van der Waals surface area contributed by atoms with Gasteiger partial charge in [-0.25, -0.2) is 14.6 Å². The Morgan fingerprint density at radius 2 is 1.88 bits per heavy atom. The Balaban J connectivity index is 2.13. The number of nitrogens with one attached hydrogen (secondary N) is 1. The molecule has 0 atom stereocenters. The highest BCUT2D eigenvalue weighted by Gasteiger charge is 2.34. The van der Waals surface area contributed by atoms with Crippen LogP contribution < -0.4 is 4.90 Å². The molecule has 2 aromatic heterocycles. The highest BCUT2D eigenvalue weighted by Crippen LogP contribution is 2.45. The van der Waals surface area contributed by atoms with Crippen LogP contribution in [0.1, 0.15) is 37.1 Å². The maximum atomic E-state index is 12.5. The highest BCUT2D eigenvalue weighted by atomic mass is 32.1. The number of hydrogen-bond donors (Lipinski definition) is 1. The van der Waals surface area contributed by atoms with E-state index in [0.29, 0.717) is 10.8 Å². The van der Waals surface area contributed by atoms with E-state index in [1.807, 2.05) is 0 Å². The second-order valence-electron chi connectivity index (χ2n) is 5.46. The van der Waals surface area contributed by atoms with E-state index in [2.05, 4.69) is 15.2 Å². The number of rotatable bonds is 4. The number of aromatic amines is 1. The van der Waals surface area contributed by atoms with Crippen LogP contribution in [-0.2, 0) is 22.3 Å². The Labute approximate surface area is 149 Å². The summed E-state index contributed by atoms with van der Waals surface area (Å²) in [5.41, 5.74) is 1.85. The number of anilines is 1. The maximum absolute atomic E-state index is 12.5. The van der Waals surface area contributed by atoms with Crippen molar-refractivity contribution >= 4 is 28.5 Å². The molecule has 0 aliphatic heterocycles. The molecule has 2 aromatic rings. The number of carbonyl (C=O) groups is 2. The number of amides is 2. The molecule has 1 N–H and O–H groups in total. The van der Waals surface area contributed by atoms with Crippen LogP contribution in [0.3, 0.4) is 0 Å². The zero-order valence-electron chi connectivity index (χ0n) is 14.2. The summed E-state index contributed by atoms with van der Waals surface area (Å²) in [7, 11) is 0. The van der Waals surface area contributed by atoms with E-state index < -0.39 is 12.2 Å². The molecule has 0 fully saturated rings. The van der Waals surface area contributed by atoms with Crippen molar-refractivity contribution in [2.24, 2.45) is 0 Å². The van der Waals surface area contributed by atoms with Crippen LogP contribution in [0.5, 0.6) is 0 Å². The number of fused-ring (bicyclic) bond motifs is 1. The van der Waals surface area contributed by atoms with Crippen molar-refractivity contribution in [3.63, 3.8) is 0 Å². The third-order valence-corrected chi connectivity index (χ3v) is 5.19. The van der Waals surface area contributed by atoms with Crippen molar-refractivity contribution in [3.05, 3.63) is 16.8 Å². The second kappa shape index (κ2) is 7.64. The Kier molecular flexibility index (Phi) is 5.32. The summed E-state index contributed by atoms with van der Waals surface area (Å²) in [6.07, 6.45) is 3.85. The quantitative estimate of drug-likeness (QED) is 0.891. The van der Waals surface area contributed by atoms with Gasteiger partial charge in [-0.2, -0.15) is 10.00 Å². The molecule has 0 radical (unpaired) electrons.